The van der Waals surface area contributed by atoms with Gasteiger partial charge in [-0.3, -0.25) is 4.79 Å². The van der Waals surface area contributed by atoms with Gasteiger partial charge in [-0.05, 0) is 55.2 Å². The van der Waals surface area contributed by atoms with Crippen molar-refractivity contribution in [1.82, 2.24) is 0 Å². The zero-order valence-electron chi connectivity index (χ0n) is 14.0. The molecule has 0 saturated carbocycles. The van der Waals surface area contributed by atoms with E-state index in [2.05, 4.69) is 0 Å². The lowest BCUT2D eigenvalue weighted by Crippen LogP contribution is -2.38. The first-order valence-electron chi connectivity index (χ1n) is 8.05. The fourth-order valence-electron chi connectivity index (χ4n) is 3.02. The number of carbonyl (C=O) groups excluding carboxylic acids is 1. The van der Waals surface area contributed by atoms with E-state index in [1.54, 1.807) is 12.0 Å². The quantitative estimate of drug-likeness (QED) is 0.877. The van der Waals surface area contributed by atoms with Crippen LogP contribution in [-0.4, -0.2) is 26.2 Å². The van der Waals surface area contributed by atoms with Crippen LogP contribution in [0.4, 0.5) is 11.4 Å². The summed E-state index contributed by atoms with van der Waals surface area (Å²) < 4.78 is 11.0. The lowest BCUT2D eigenvalue weighted by Gasteiger charge is -2.30. The van der Waals surface area contributed by atoms with E-state index in [1.165, 1.54) is 0 Å². The number of anilines is 2. The van der Waals surface area contributed by atoms with Gasteiger partial charge in [0, 0.05) is 17.9 Å². The second-order valence-corrected chi connectivity index (χ2v) is 5.94. The summed E-state index contributed by atoms with van der Waals surface area (Å²) in [6.45, 7) is 2.63. The summed E-state index contributed by atoms with van der Waals surface area (Å²) in [5.74, 6) is 1.12. The molecular weight excluding hydrogens is 304 g/mol. The molecule has 0 aromatic heterocycles. The molecule has 2 aromatic carbocycles. The molecule has 5 heteroatoms. The highest BCUT2D eigenvalue weighted by Gasteiger charge is 2.24. The first-order valence-corrected chi connectivity index (χ1v) is 8.05. The standard InChI is InChI=1S/C19H22N2O3/c1-13-8-9-17(18(11-13)23-2)24-12-19(22)21-10-4-5-14-15(20)6-3-7-16(14)21/h3,6-9,11H,4-5,10,12,20H2,1-2H3. The van der Waals surface area contributed by atoms with Gasteiger partial charge in [0.1, 0.15) is 0 Å². The molecule has 0 radical (unpaired) electrons. The van der Waals surface area contributed by atoms with Gasteiger partial charge in [0.2, 0.25) is 0 Å². The normalized spacial score (nSPS) is 13.3. The van der Waals surface area contributed by atoms with E-state index in [0.29, 0.717) is 18.0 Å². The molecule has 0 saturated heterocycles. The van der Waals surface area contributed by atoms with Gasteiger partial charge in [-0.1, -0.05) is 12.1 Å². The molecule has 0 unspecified atom stereocenters. The number of rotatable bonds is 4. The molecule has 1 aliphatic heterocycles. The third-order valence-corrected chi connectivity index (χ3v) is 4.26. The van der Waals surface area contributed by atoms with Crippen LogP contribution in [0.5, 0.6) is 11.5 Å². The molecule has 126 valence electrons. The highest BCUT2D eigenvalue weighted by molar-refractivity contribution is 5.96. The fraction of sp³-hybridized carbons (Fsp3) is 0.316. The number of aryl methyl sites for hydroxylation is 1. The van der Waals surface area contributed by atoms with E-state index in [-0.39, 0.29) is 12.5 Å². The number of nitrogens with zero attached hydrogens (tertiary/aromatic N) is 1. The lowest BCUT2D eigenvalue weighted by molar-refractivity contribution is -0.120. The summed E-state index contributed by atoms with van der Waals surface area (Å²) in [5, 5.41) is 0. The number of amides is 1. The monoisotopic (exact) mass is 326 g/mol. The van der Waals surface area contributed by atoms with Gasteiger partial charge in [0.05, 0.1) is 7.11 Å². The van der Waals surface area contributed by atoms with Gasteiger partial charge in [0.25, 0.3) is 5.91 Å². The summed E-state index contributed by atoms with van der Waals surface area (Å²) >= 11 is 0. The predicted octanol–water partition coefficient (Wildman–Crippen LogP) is 2.94. The maximum Gasteiger partial charge on any atom is 0.264 e. The second kappa shape index (κ2) is 6.83. The molecule has 0 bridgehead atoms. The van der Waals surface area contributed by atoms with Crippen molar-refractivity contribution in [3.05, 3.63) is 47.5 Å². The van der Waals surface area contributed by atoms with Crippen LogP contribution in [0.1, 0.15) is 17.5 Å². The fourth-order valence-corrected chi connectivity index (χ4v) is 3.02. The molecular formula is C19H22N2O3. The van der Waals surface area contributed by atoms with Crippen LogP contribution in [0.25, 0.3) is 0 Å². The Kier molecular flexibility index (Phi) is 4.60. The van der Waals surface area contributed by atoms with Crippen molar-refractivity contribution < 1.29 is 14.3 Å². The second-order valence-electron chi connectivity index (χ2n) is 5.94. The highest BCUT2D eigenvalue weighted by Crippen LogP contribution is 2.32. The van der Waals surface area contributed by atoms with E-state index in [1.807, 2.05) is 43.3 Å². The zero-order valence-corrected chi connectivity index (χ0v) is 14.0. The summed E-state index contributed by atoms with van der Waals surface area (Å²) in [7, 11) is 1.59. The summed E-state index contributed by atoms with van der Waals surface area (Å²) in [6.07, 6.45) is 1.80. The van der Waals surface area contributed by atoms with Crippen molar-refractivity contribution in [2.75, 3.05) is 30.9 Å². The molecule has 24 heavy (non-hydrogen) atoms. The average Bonchev–Trinajstić information content (AvgIpc) is 2.60. The predicted molar refractivity (Wildman–Crippen MR) is 94.8 cm³/mol. The molecule has 1 heterocycles. The number of hydrogen-bond donors (Lipinski definition) is 1. The molecule has 2 N–H and O–H groups in total. The number of nitrogen functional groups attached to an aromatic ring is 1. The van der Waals surface area contributed by atoms with E-state index in [4.69, 9.17) is 15.2 Å². The first-order chi connectivity index (χ1) is 11.6. The first kappa shape index (κ1) is 16.2. The Morgan fingerprint density at radius 1 is 1.25 bits per heavy atom. The Bertz CT molecular complexity index is 758. The molecule has 2 aromatic rings. The molecule has 5 nitrogen and oxygen atoms in total. The van der Waals surface area contributed by atoms with Crippen molar-refractivity contribution in [2.45, 2.75) is 19.8 Å². The van der Waals surface area contributed by atoms with Crippen LogP contribution in [0.2, 0.25) is 0 Å². The largest absolute Gasteiger partial charge is 0.493 e. The molecule has 0 aliphatic carbocycles. The Morgan fingerprint density at radius 2 is 2.08 bits per heavy atom. The Hall–Kier alpha value is -2.69. The van der Waals surface area contributed by atoms with Gasteiger partial charge in [-0.25, -0.2) is 0 Å². The van der Waals surface area contributed by atoms with Crippen molar-refractivity contribution in [3.8, 4) is 11.5 Å². The van der Waals surface area contributed by atoms with Gasteiger partial charge in [-0.2, -0.15) is 0 Å². The van der Waals surface area contributed by atoms with Gasteiger partial charge in [0.15, 0.2) is 18.1 Å². The van der Waals surface area contributed by atoms with Gasteiger partial charge >= 0.3 is 0 Å². The maximum atomic E-state index is 12.6. The van der Waals surface area contributed by atoms with Crippen LogP contribution < -0.4 is 20.1 Å². The molecule has 0 spiro atoms. The highest BCUT2D eigenvalue weighted by atomic mass is 16.5. The number of nitrogens with two attached hydrogens (primary N) is 1. The van der Waals surface area contributed by atoms with E-state index in [9.17, 15) is 4.79 Å². The maximum absolute atomic E-state index is 12.6. The van der Waals surface area contributed by atoms with Crippen molar-refractivity contribution in [1.29, 1.82) is 0 Å². The molecule has 0 atom stereocenters. The number of benzene rings is 2. The summed E-state index contributed by atoms with van der Waals surface area (Å²) in [4.78, 5) is 14.4. The number of fused-ring (bicyclic) bond motifs is 1. The molecule has 0 fully saturated rings. The number of ether oxygens (including phenoxy) is 2. The zero-order chi connectivity index (χ0) is 17.1. The van der Waals surface area contributed by atoms with Crippen LogP contribution in [-0.2, 0) is 11.2 Å². The van der Waals surface area contributed by atoms with Gasteiger partial charge < -0.3 is 20.1 Å². The molecule has 1 aliphatic rings. The van der Waals surface area contributed by atoms with Gasteiger partial charge in [-0.15, -0.1) is 0 Å². The molecule has 1 amide bonds. The third-order valence-electron chi connectivity index (χ3n) is 4.26. The number of carbonyl (C=O) groups is 1. The van der Waals surface area contributed by atoms with E-state index in [0.717, 1.165) is 35.3 Å². The van der Waals surface area contributed by atoms with Crippen LogP contribution in [0.3, 0.4) is 0 Å². The molecule has 3 rings (SSSR count). The van der Waals surface area contributed by atoms with Crippen molar-refractivity contribution in [2.24, 2.45) is 0 Å². The van der Waals surface area contributed by atoms with Crippen LogP contribution in [0, 0.1) is 6.92 Å². The minimum atomic E-state index is -0.0795. The van der Waals surface area contributed by atoms with E-state index < -0.39 is 0 Å². The smallest absolute Gasteiger partial charge is 0.264 e. The Labute approximate surface area is 142 Å². The van der Waals surface area contributed by atoms with Crippen molar-refractivity contribution >= 4 is 17.3 Å². The van der Waals surface area contributed by atoms with Crippen molar-refractivity contribution in [3.63, 3.8) is 0 Å². The number of methoxy groups -OCH3 is 1. The van der Waals surface area contributed by atoms with Crippen LogP contribution >= 0.6 is 0 Å². The Morgan fingerprint density at radius 3 is 2.88 bits per heavy atom. The summed E-state index contributed by atoms with van der Waals surface area (Å²) in [5.41, 5.74) is 9.79. The third kappa shape index (κ3) is 3.15. The minimum Gasteiger partial charge on any atom is -0.493 e. The SMILES string of the molecule is COc1cc(C)ccc1OCC(=O)N1CCCc2c(N)cccc21. The topological polar surface area (TPSA) is 64.8 Å². The summed E-state index contributed by atoms with van der Waals surface area (Å²) in [6, 6.07) is 11.3. The van der Waals surface area contributed by atoms with Crippen LogP contribution in [0.15, 0.2) is 36.4 Å². The van der Waals surface area contributed by atoms with E-state index >= 15 is 0 Å². The Balaban J connectivity index is 1.74. The minimum absolute atomic E-state index is 0.0341. The lowest BCUT2D eigenvalue weighted by atomic mass is 10.00. The number of hydrogen-bond acceptors (Lipinski definition) is 4. The average molecular weight is 326 g/mol.